The first-order valence-electron chi connectivity index (χ1n) is 7.30. The number of carbonyl (C=O) groups is 1. The van der Waals surface area contributed by atoms with Crippen LogP contribution in [0.2, 0.25) is 5.02 Å². The lowest BCUT2D eigenvalue weighted by Gasteiger charge is -2.26. The van der Waals surface area contributed by atoms with Gasteiger partial charge in [-0.3, -0.25) is 14.9 Å². The monoisotopic (exact) mass is 376 g/mol. The number of nitro benzene ring substituents is 1. The maximum Gasteiger partial charge on any atom is 0.312 e. The average molecular weight is 377 g/mol. The third-order valence-corrected chi connectivity index (χ3v) is 5.76. The van der Waals surface area contributed by atoms with Crippen LogP contribution in [-0.4, -0.2) is 54.8 Å². The summed E-state index contributed by atoms with van der Waals surface area (Å²) in [6, 6.07) is 3.51. The number of hydrogen-bond acceptors (Lipinski definition) is 6. The highest BCUT2D eigenvalue weighted by molar-refractivity contribution is 7.91. The molecule has 132 valence electrons. The Hall–Kier alpha value is -1.87. The summed E-state index contributed by atoms with van der Waals surface area (Å²) in [6.07, 6.45) is 0.392. The Balaban J connectivity index is 2.06. The van der Waals surface area contributed by atoms with Gasteiger partial charge in [-0.1, -0.05) is 11.6 Å². The van der Waals surface area contributed by atoms with Gasteiger partial charge in [-0.15, -0.1) is 0 Å². The second-order valence-electron chi connectivity index (χ2n) is 5.39. The number of benzene rings is 1. The summed E-state index contributed by atoms with van der Waals surface area (Å²) < 4.78 is 28.4. The molecule has 0 aliphatic carbocycles. The fourth-order valence-electron chi connectivity index (χ4n) is 2.64. The number of halogens is 1. The minimum atomic E-state index is -3.11. The van der Waals surface area contributed by atoms with E-state index in [0.29, 0.717) is 13.0 Å². The van der Waals surface area contributed by atoms with E-state index in [4.69, 9.17) is 16.3 Å². The number of likely N-dealkylation sites (N-methyl/N-ethyl adjacent to an activating group) is 1. The third kappa shape index (κ3) is 4.35. The van der Waals surface area contributed by atoms with Crippen LogP contribution in [0, 0.1) is 10.1 Å². The molecule has 0 N–H and O–H groups in total. The van der Waals surface area contributed by atoms with Crippen molar-refractivity contribution in [1.82, 2.24) is 4.90 Å². The van der Waals surface area contributed by atoms with E-state index < -0.39 is 27.3 Å². The Labute approximate surface area is 144 Å². The van der Waals surface area contributed by atoms with Gasteiger partial charge in [0.2, 0.25) is 0 Å². The summed E-state index contributed by atoms with van der Waals surface area (Å²) in [5.74, 6) is -0.477. The standard InChI is InChI=1S/C14H17ClN2O6S/c1-2-16(11-5-6-24(21,22)9-11)14(18)8-23-13-4-3-10(15)7-12(13)17(19)20/h3-4,7,11H,2,5-6,8-9H2,1H3/t11-/m0/s1. The van der Waals surface area contributed by atoms with Crippen LogP contribution in [-0.2, 0) is 14.6 Å². The lowest BCUT2D eigenvalue weighted by molar-refractivity contribution is -0.385. The Bertz CT molecular complexity index is 752. The van der Waals surface area contributed by atoms with Crippen LogP contribution >= 0.6 is 11.6 Å². The van der Waals surface area contributed by atoms with E-state index in [1.54, 1.807) is 6.92 Å². The predicted molar refractivity (Wildman–Crippen MR) is 88.0 cm³/mol. The Morgan fingerprint density at radius 1 is 1.50 bits per heavy atom. The number of nitro groups is 1. The van der Waals surface area contributed by atoms with E-state index in [9.17, 15) is 23.3 Å². The summed E-state index contributed by atoms with van der Waals surface area (Å²) in [6.45, 7) is 1.67. The molecule has 0 bridgehead atoms. The Morgan fingerprint density at radius 2 is 2.21 bits per heavy atom. The molecule has 0 unspecified atom stereocenters. The highest BCUT2D eigenvalue weighted by Gasteiger charge is 2.34. The molecule has 0 spiro atoms. The second-order valence-corrected chi connectivity index (χ2v) is 8.06. The summed E-state index contributed by atoms with van der Waals surface area (Å²) in [5.41, 5.74) is -0.332. The Morgan fingerprint density at radius 3 is 2.75 bits per heavy atom. The molecule has 0 saturated carbocycles. The van der Waals surface area contributed by atoms with Crippen LogP contribution < -0.4 is 4.74 Å². The zero-order valence-corrected chi connectivity index (χ0v) is 14.5. The molecule has 10 heteroatoms. The van der Waals surface area contributed by atoms with Gasteiger partial charge in [0.25, 0.3) is 5.91 Å². The first kappa shape index (κ1) is 18.5. The van der Waals surface area contributed by atoms with Gasteiger partial charge >= 0.3 is 5.69 Å². The van der Waals surface area contributed by atoms with Gasteiger partial charge in [0.05, 0.1) is 16.4 Å². The first-order valence-corrected chi connectivity index (χ1v) is 9.50. The van der Waals surface area contributed by atoms with Crippen molar-refractivity contribution >= 4 is 33.0 Å². The summed E-state index contributed by atoms with van der Waals surface area (Å²) in [4.78, 5) is 24.1. The number of sulfone groups is 1. The van der Waals surface area contributed by atoms with Crippen molar-refractivity contribution in [3.05, 3.63) is 33.3 Å². The minimum Gasteiger partial charge on any atom is -0.477 e. The van der Waals surface area contributed by atoms with Gasteiger partial charge < -0.3 is 9.64 Å². The highest BCUT2D eigenvalue weighted by Crippen LogP contribution is 2.30. The molecule has 24 heavy (non-hydrogen) atoms. The Kier molecular flexibility index (Phi) is 5.66. The molecule has 1 fully saturated rings. The maximum absolute atomic E-state index is 12.3. The molecule has 1 aromatic rings. The quantitative estimate of drug-likeness (QED) is 0.552. The smallest absolute Gasteiger partial charge is 0.312 e. The third-order valence-electron chi connectivity index (χ3n) is 3.78. The van der Waals surface area contributed by atoms with Crippen molar-refractivity contribution < 1.29 is 22.9 Å². The molecule has 1 aliphatic rings. The van der Waals surface area contributed by atoms with Crippen LogP contribution in [0.5, 0.6) is 5.75 Å². The number of rotatable bonds is 6. The van der Waals surface area contributed by atoms with Crippen LogP contribution in [0.1, 0.15) is 13.3 Å². The topological polar surface area (TPSA) is 107 Å². The molecule has 1 atom stereocenters. The molecule has 0 aromatic heterocycles. The van der Waals surface area contributed by atoms with E-state index in [2.05, 4.69) is 0 Å². The van der Waals surface area contributed by atoms with E-state index >= 15 is 0 Å². The molecular formula is C14H17ClN2O6S. The molecule has 2 rings (SSSR count). The van der Waals surface area contributed by atoms with Crippen LogP contribution in [0.25, 0.3) is 0 Å². The van der Waals surface area contributed by atoms with Crippen molar-refractivity contribution in [3.63, 3.8) is 0 Å². The van der Waals surface area contributed by atoms with Crippen molar-refractivity contribution in [2.75, 3.05) is 24.7 Å². The first-order chi connectivity index (χ1) is 11.2. The lowest BCUT2D eigenvalue weighted by atomic mass is 10.2. The van der Waals surface area contributed by atoms with E-state index in [1.807, 2.05) is 0 Å². The van der Waals surface area contributed by atoms with E-state index in [0.717, 1.165) is 6.07 Å². The van der Waals surface area contributed by atoms with Crippen molar-refractivity contribution in [1.29, 1.82) is 0 Å². The summed E-state index contributed by atoms with van der Waals surface area (Å²) in [5, 5.41) is 11.2. The van der Waals surface area contributed by atoms with E-state index in [1.165, 1.54) is 17.0 Å². The molecule has 1 aliphatic heterocycles. The number of ether oxygens (including phenoxy) is 1. The van der Waals surface area contributed by atoms with Gasteiger partial charge in [-0.05, 0) is 25.5 Å². The van der Waals surface area contributed by atoms with E-state index in [-0.39, 0.29) is 34.0 Å². The number of amides is 1. The fourth-order valence-corrected chi connectivity index (χ4v) is 4.53. The van der Waals surface area contributed by atoms with Crippen LogP contribution in [0.15, 0.2) is 18.2 Å². The number of carbonyl (C=O) groups excluding carboxylic acids is 1. The molecule has 1 amide bonds. The SMILES string of the molecule is CCN(C(=O)COc1ccc(Cl)cc1[N+](=O)[O-])[C@H]1CCS(=O)(=O)C1. The zero-order chi connectivity index (χ0) is 17.9. The van der Waals surface area contributed by atoms with Crippen molar-refractivity contribution in [2.45, 2.75) is 19.4 Å². The van der Waals surface area contributed by atoms with Crippen LogP contribution in [0.4, 0.5) is 5.69 Å². The average Bonchev–Trinajstić information content (AvgIpc) is 2.86. The van der Waals surface area contributed by atoms with Gasteiger partial charge in [0.15, 0.2) is 22.2 Å². The molecule has 1 saturated heterocycles. The zero-order valence-electron chi connectivity index (χ0n) is 13.0. The van der Waals surface area contributed by atoms with Crippen LogP contribution in [0.3, 0.4) is 0 Å². The van der Waals surface area contributed by atoms with Gasteiger partial charge in [-0.25, -0.2) is 8.42 Å². The predicted octanol–water partition coefficient (Wildman–Crippen LogP) is 1.66. The summed E-state index contributed by atoms with van der Waals surface area (Å²) >= 11 is 5.72. The molecular weight excluding hydrogens is 360 g/mol. The number of nitrogens with zero attached hydrogens (tertiary/aromatic N) is 2. The highest BCUT2D eigenvalue weighted by atomic mass is 35.5. The van der Waals surface area contributed by atoms with Crippen molar-refractivity contribution in [2.24, 2.45) is 0 Å². The van der Waals surface area contributed by atoms with Gasteiger partial charge in [-0.2, -0.15) is 0 Å². The molecule has 1 aromatic carbocycles. The fraction of sp³-hybridized carbons (Fsp3) is 0.500. The largest absolute Gasteiger partial charge is 0.477 e. The van der Waals surface area contributed by atoms with Gasteiger partial charge in [0, 0.05) is 23.7 Å². The lowest BCUT2D eigenvalue weighted by Crippen LogP contribution is -2.43. The normalized spacial score (nSPS) is 19.0. The molecule has 0 radical (unpaired) electrons. The van der Waals surface area contributed by atoms with Crippen molar-refractivity contribution in [3.8, 4) is 5.75 Å². The summed E-state index contributed by atoms with van der Waals surface area (Å²) in [7, 11) is -3.11. The maximum atomic E-state index is 12.3. The molecule has 1 heterocycles. The second kappa shape index (κ2) is 7.35. The minimum absolute atomic E-state index is 0.0605. The molecule has 8 nitrogen and oxygen atoms in total. The number of hydrogen-bond donors (Lipinski definition) is 0. The van der Waals surface area contributed by atoms with Gasteiger partial charge in [0.1, 0.15) is 0 Å².